The number of rotatable bonds is 6. The smallest absolute Gasteiger partial charge is 0.0144 e. The van der Waals surface area contributed by atoms with Gasteiger partial charge in [-0.05, 0) is 49.6 Å². The van der Waals surface area contributed by atoms with Crippen LogP contribution >= 0.6 is 11.3 Å². The van der Waals surface area contributed by atoms with E-state index in [0.717, 1.165) is 5.92 Å². The first-order valence-electron chi connectivity index (χ1n) is 7.66. The molecule has 18 heavy (non-hydrogen) atoms. The van der Waals surface area contributed by atoms with Gasteiger partial charge in [-0.15, -0.1) is 11.3 Å². The van der Waals surface area contributed by atoms with Gasteiger partial charge in [0.2, 0.25) is 0 Å². The van der Waals surface area contributed by atoms with Gasteiger partial charge < -0.3 is 5.32 Å². The molecule has 1 nitrogen and oxygen atoms in total. The van der Waals surface area contributed by atoms with Crippen LogP contribution in [0.15, 0.2) is 17.5 Å². The molecule has 1 heterocycles. The number of thiophene rings is 1. The molecule has 0 amide bonds. The Morgan fingerprint density at radius 1 is 1.28 bits per heavy atom. The lowest BCUT2D eigenvalue weighted by Crippen LogP contribution is -2.38. The van der Waals surface area contributed by atoms with E-state index in [4.69, 9.17) is 0 Å². The van der Waals surface area contributed by atoms with Crippen LogP contribution in [0.25, 0.3) is 0 Å². The van der Waals surface area contributed by atoms with E-state index in [-0.39, 0.29) is 0 Å². The zero-order valence-corrected chi connectivity index (χ0v) is 12.5. The van der Waals surface area contributed by atoms with Crippen molar-refractivity contribution in [2.24, 2.45) is 5.92 Å². The van der Waals surface area contributed by atoms with Crippen LogP contribution < -0.4 is 5.32 Å². The third-order valence-electron chi connectivity index (χ3n) is 4.13. The number of hydrogen-bond acceptors (Lipinski definition) is 2. The summed E-state index contributed by atoms with van der Waals surface area (Å²) in [5.41, 5.74) is 0. The van der Waals surface area contributed by atoms with Crippen LogP contribution in [0, 0.1) is 5.92 Å². The molecule has 2 heteroatoms. The maximum Gasteiger partial charge on any atom is 0.0144 e. The Morgan fingerprint density at radius 3 is 2.67 bits per heavy atom. The van der Waals surface area contributed by atoms with Crippen LogP contribution in [-0.4, -0.2) is 12.6 Å². The minimum Gasteiger partial charge on any atom is -0.313 e. The normalized spacial score (nSPS) is 19.6. The zero-order valence-electron chi connectivity index (χ0n) is 11.7. The van der Waals surface area contributed by atoms with E-state index >= 15 is 0 Å². The van der Waals surface area contributed by atoms with Gasteiger partial charge in [-0.1, -0.05) is 38.7 Å². The van der Waals surface area contributed by atoms with Gasteiger partial charge in [-0.3, -0.25) is 0 Å². The SMILES string of the molecule is CCCNC(Cc1cccs1)C1CCCCCC1. The molecule has 1 fully saturated rings. The molecule has 1 aliphatic rings. The summed E-state index contributed by atoms with van der Waals surface area (Å²) in [6, 6.07) is 5.19. The highest BCUT2D eigenvalue weighted by Gasteiger charge is 2.22. The van der Waals surface area contributed by atoms with Crippen molar-refractivity contribution in [1.82, 2.24) is 5.32 Å². The number of nitrogens with one attached hydrogen (secondary N) is 1. The Bertz CT molecular complexity index is 299. The fraction of sp³-hybridized carbons (Fsp3) is 0.750. The fourth-order valence-corrected chi connectivity index (χ4v) is 3.86. The summed E-state index contributed by atoms with van der Waals surface area (Å²) < 4.78 is 0. The maximum absolute atomic E-state index is 3.81. The van der Waals surface area contributed by atoms with Gasteiger partial charge >= 0.3 is 0 Å². The molecule has 0 aliphatic heterocycles. The van der Waals surface area contributed by atoms with E-state index in [0.29, 0.717) is 6.04 Å². The first kappa shape index (κ1) is 14.1. The third kappa shape index (κ3) is 4.40. The van der Waals surface area contributed by atoms with Crippen LogP contribution in [0.4, 0.5) is 0 Å². The van der Waals surface area contributed by atoms with Gasteiger partial charge in [0.15, 0.2) is 0 Å². The average molecular weight is 265 g/mol. The Morgan fingerprint density at radius 2 is 2.06 bits per heavy atom. The molecule has 1 N–H and O–H groups in total. The van der Waals surface area contributed by atoms with Crippen LogP contribution in [-0.2, 0) is 6.42 Å². The molecule has 1 saturated carbocycles. The van der Waals surface area contributed by atoms with Gasteiger partial charge in [0.1, 0.15) is 0 Å². The van der Waals surface area contributed by atoms with E-state index in [9.17, 15) is 0 Å². The quantitative estimate of drug-likeness (QED) is 0.740. The summed E-state index contributed by atoms with van der Waals surface area (Å²) in [6.45, 7) is 3.44. The van der Waals surface area contributed by atoms with E-state index in [2.05, 4.69) is 29.8 Å². The summed E-state index contributed by atoms with van der Waals surface area (Å²) >= 11 is 1.91. The minimum atomic E-state index is 0.710. The van der Waals surface area contributed by atoms with E-state index in [1.165, 1.54) is 57.9 Å². The predicted octanol–water partition coefficient (Wildman–Crippen LogP) is 4.63. The Hall–Kier alpha value is -0.340. The van der Waals surface area contributed by atoms with Crippen LogP contribution in [0.2, 0.25) is 0 Å². The van der Waals surface area contributed by atoms with Crippen LogP contribution in [0.1, 0.15) is 56.7 Å². The van der Waals surface area contributed by atoms with Crippen molar-refractivity contribution in [3.05, 3.63) is 22.4 Å². The summed E-state index contributed by atoms with van der Waals surface area (Å²) in [4.78, 5) is 1.55. The van der Waals surface area contributed by atoms with Crippen molar-refractivity contribution in [3.63, 3.8) is 0 Å². The maximum atomic E-state index is 3.81. The van der Waals surface area contributed by atoms with Gasteiger partial charge in [0, 0.05) is 10.9 Å². The number of hydrogen-bond donors (Lipinski definition) is 1. The summed E-state index contributed by atoms with van der Waals surface area (Å²) in [5, 5.41) is 6.02. The van der Waals surface area contributed by atoms with Crippen molar-refractivity contribution in [2.75, 3.05) is 6.54 Å². The molecule has 0 saturated heterocycles. The Labute approximate surface area is 116 Å². The second kappa shape index (κ2) is 7.96. The lowest BCUT2D eigenvalue weighted by Gasteiger charge is -2.27. The van der Waals surface area contributed by atoms with Crippen molar-refractivity contribution in [3.8, 4) is 0 Å². The van der Waals surface area contributed by atoms with E-state index in [1.54, 1.807) is 4.88 Å². The highest BCUT2D eigenvalue weighted by molar-refractivity contribution is 7.09. The molecular formula is C16H27NS. The van der Waals surface area contributed by atoms with Crippen LogP contribution in [0.5, 0.6) is 0 Å². The Kier molecular flexibility index (Phi) is 6.22. The molecule has 102 valence electrons. The zero-order chi connectivity index (χ0) is 12.6. The summed E-state index contributed by atoms with van der Waals surface area (Å²) in [5.74, 6) is 0.904. The largest absolute Gasteiger partial charge is 0.313 e. The molecule has 1 aromatic heterocycles. The van der Waals surface area contributed by atoms with Crippen molar-refractivity contribution >= 4 is 11.3 Å². The second-order valence-corrected chi connectivity index (χ2v) is 6.63. The monoisotopic (exact) mass is 265 g/mol. The summed E-state index contributed by atoms with van der Waals surface area (Å²) in [6.07, 6.45) is 11.2. The van der Waals surface area contributed by atoms with E-state index < -0.39 is 0 Å². The molecule has 0 radical (unpaired) electrons. The molecule has 1 unspecified atom stereocenters. The highest BCUT2D eigenvalue weighted by Crippen LogP contribution is 2.28. The minimum absolute atomic E-state index is 0.710. The predicted molar refractivity (Wildman–Crippen MR) is 81.3 cm³/mol. The highest BCUT2D eigenvalue weighted by atomic mass is 32.1. The van der Waals surface area contributed by atoms with Gasteiger partial charge in [0.05, 0.1) is 0 Å². The first-order chi connectivity index (χ1) is 8.90. The molecule has 0 spiro atoms. The molecule has 0 bridgehead atoms. The van der Waals surface area contributed by atoms with Crippen molar-refractivity contribution in [2.45, 2.75) is 64.3 Å². The van der Waals surface area contributed by atoms with Gasteiger partial charge in [-0.2, -0.15) is 0 Å². The van der Waals surface area contributed by atoms with Crippen molar-refractivity contribution in [1.29, 1.82) is 0 Å². The molecule has 1 aromatic rings. The standard InChI is InChI=1S/C16H27NS/c1-2-11-17-16(13-15-10-7-12-18-15)14-8-5-3-4-6-9-14/h7,10,12,14,16-17H,2-6,8-9,11,13H2,1H3. The van der Waals surface area contributed by atoms with Crippen LogP contribution in [0.3, 0.4) is 0 Å². The third-order valence-corrected chi connectivity index (χ3v) is 5.03. The molecule has 1 aliphatic carbocycles. The summed E-state index contributed by atoms with van der Waals surface area (Å²) in [7, 11) is 0. The van der Waals surface area contributed by atoms with E-state index in [1.807, 2.05) is 11.3 Å². The average Bonchev–Trinajstić information content (AvgIpc) is 2.74. The first-order valence-corrected chi connectivity index (χ1v) is 8.54. The Balaban J connectivity index is 1.93. The topological polar surface area (TPSA) is 12.0 Å². The second-order valence-electron chi connectivity index (χ2n) is 5.60. The lowest BCUT2D eigenvalue weighted by atomic mass is 9.89. The molecule has 1 atom stereocenters. The van der Waals surface area contributed by atoms with Crippen molar-refractivity contribution < 1.29 is 0 Å². The molecular weight excluding hydrogens is 238 g/mol. The van der Waals surface area contributed by atoms with Gasteiger partial charge in [-0.25, -0.2) is 0 Å². The van der Waals surface area contributed by atoms with Gasteiger partial charge in [0.25, 0.3) is 0 Å². The molecule has 2 rings (SSSR count). The molecule has 0 aromatic carbocycles. The fourth-order valence-electron chi connectivity index (χ4n) is 3.09. The lowest BCUT2D eigenvalue weighted by molar-refractivity contribution is 0.318.